The molecule has 0 saturated heterocycles. The molecule has 0 bridgehead atoms. The van der Waals surface area contributed by atoms with Gasteiger partial charge in [-0.2, -0.15) is 0 Å². The fraction of sp³-hybridized carbons (Fsp3) is 0.0714. The highest BCUT2D eigenvalue weighted by molar-refractivity contribution is 6.15. The Labute approximate surface area is 98.2 Å². The third-order valence-corrected chi connectivity index (χ3v) is 2.81. The molecule has 17 heavy (non-hydrogen) atoms. The Hall–Kier alpha value is -2.29. The van der Waals surface area contributed by atoms with Gasteiger partial charge in [-0.1, -0.05) is 24.3 Å². The van der Waals surface area contributed by atoms with Crippen LogP contribution in [0, 0.1) is 0 Å². The van der Waals surface area contributed by atoms with Crippen LogP contribution in [-0.4, -0.2) is 10.9 Å². The van der Waals surface area contributed by atoms with Crippen molar-refractivity contribution in [2.75, 3.05) is 0 Å². The van der Waals surface area contributed by atoms with Crippen molar-refractivity contribution < 1.29 is 4.79 Å². The Bertz CT molecular complexity index is 690. The minimum absolute atomic E-state index is 0.130. The van der Waals surface area contributed by atoms with Crippen LogP contribution in [0.1, 0.15) is 5.56 Å². The van der Waals surface area contributed by atoms with Crippen LogP contribution in [0.25, 0.3) is 5.57 Å². The van der Waals surface area contributed by atoms with Gasteiger partial charge < -0.3 is 0 Å². The standard InChI is InChI=1S/C14H10N2O/c17-14-12(8-10-4-3-7-15-9-10)11-5-1-2-6-13(11)16-14/h1-7,9H,8H2. The summed E-state index contributed by atoms with van der Waals surface area (Å²) >= 11 is 0. The van der Waals surface area contributed by atoms with E-state index >= 15 is 0 Å². The molecule has 0 spiro atoms. The molecule has 82 valence electrons. The lowest BCUT2D eigenvalue weighted by atomic mass is 10.1. The number of pyridine rings is 1. The van der Waals surface area contributed by atoms with Crippen LogP contribution in [0.4, 0.5) is 0 Å². The molecule has 3 rings (SSSR count). The molecule has 1 aromatic heterocycles. The van der Waals surface area contributed by atoms with Gasteiger partial charge in [0.25, 0.3) is 5.91 Å². The van der Waals surface area contributed by atoms with Gasteiger partial charge in [-0.05, 0) is 17.7 Å². The lowest BCUT2D eigenvalue weighted by Gasteiger charge is -1.99. The fourth-order valence-corrected chi connectivity index (χ4v) is 2.00. The Morgan fingerprint density at radius 3 is 2.76 bits per heavy atom. The van der Waals surface area contributed by atoms with E-state index in [1.165, 1.54) is 0 Å². The van der Waals surface area contributed by atoms with Gasteiger partial charge in [-0.25, -0.2) is 4.99 Å². The van der Waals surface area contributed by atoms with Crippen molar-refractivity contribution in [3.05, 3.63) is 64.9 Å². The maximum atomic E-state index is 11.8. The zero-order valence-electron chi connectivity index (χ0n) is 9.13. The SMILES string of the molecule is O=C1N=c2ccccc2=C1Cc1cccnc1. The molecule has 0 fully saturated rings. The normalized spacial score (nSPS) is 13.4. The van der Waals surface area contributed by atoms with Gasteiger partial charge in [-0.15, -0.1) is 0 Å². The summed E-state index contributed by atoms with van der Waals surface area (Å²) in [5, 5.41) is 1.72. The molecule has 0 aliphatic carbocycles. The first-order chi connectivity index (χ1) is 8.34. The highest BCUT2D eigenvalue weighted by atomic mass is 16.1. The smallest absolute Gasteiger partial charge is 0.267 e. The topological polar surface area (TPSA) is 42.3 Å². The van der Waals surface area contributed by atoms with Crippen LogP contribution in [0.5, 0.6) is 0 Å². The lowest BCUT2D eigenvalue weighted by Crippen LogP contribution is -2.22. The van der Waals surface area contributed by atoms with E-state index < -0.39 is 0 Å². The number of para-hydroxylation sites is 1. The molecule has 1 amide bonds. The van der Waals surface area contributed by atoms with Crippen LogP contribution in [-0.2, 0) is 11.2 Å². The molecule has 1 aliphatic heterocycles. The largest absolute Gasteiger partial charge is 0.274 e. The van der Waals surface area contributed by atoms with E-state index in [0.29, 0.717) is 6.42 Å². The molecular formula is C14H10N2O. The minimum atomic E-state index is -0.130. The quantitative estimate of drug-likeness (QED) is 0.748. The Morgan fingerprint density at radius 2 is 1.94 bits per heavy atom. The molecule has 2 heterocycles. The summed E-state index contributed by atoms with van der Waals surface area (Å²) in [6.07, 6.45) is 4.09. The summed E-state index contributed by atoms with van der Waals surface area (Å²) in [4.78, 5) is 19.9. The second kappa shape index (κ2) is 3.94. The third kappa shape index (κ3) is 1.76. The Balaban J connectivity index is 2.11. The molecule has 1 aliphatic rings. The molecule has 3 nitrogen and oxygen atoms in total. The zero-order valence-corrected chi connectivity index (χ0v) is 9.13. The van der Waals surface area contributed by atoms with Crippen molar-refractivity contribution in [1.29, 1.82) is 0 Å². The molecule has 0 atom stereocenters. The molecule has 0 N–H and O–H groups in total. The monoisotopic (exact) mass is 222 g/mol. The van der Waals surface area contributed by atoms with Crippen molar-refractivity contribution in [3.63, 3.8) is 0 Å². The number of benzene rings is 1. The predicted octanol–water partition coefficient (Wildman–Crippen LogP) is 0.635. The van der Waals surface area contributed by atoms with Crippen LogP contribution < -0.4 is 10.6 Å². The fourth-order valence-electron chi connectivity index (χ4n) is 2.00. The first-order valence-electron chi connectivity index (χ1n) is 5.45. The summed E-state index contributed by atoms with van der Waals surface area (Å²) in [5.74, 6) is -0.130. The van der Waals surface area contributed by atoms with Gasteiger partial charge in [0, 0.05) is 29.6 Å². The van der Waals surface area contributed by atoms with E-state index in [-0.39, 0.29) is 5.91 Å². The second-order valence-electron chi connectivity index (χ2n) is 3.95. The van der Waals surface area contributed by atoms with E-state index in [9.17, 15) is 4.79 Å². The van der Waals surface area contributed by atoms with Gasteiger partial charge in [0.1, 0.15) is 0 Å². The number of aromatic nitrogens is 1. The number of hydrogen-bond acceptors (Lipinski definition) is 2. The van der Waals surface area contributed by atoms with Gasteiger partial charge in [-0.3, -0.25) is 9.78 Å². The number of carbonyl (C=O) groups is 1. The van der Waals surface area contributed by atoms with Crippen LogP contribution >= 0.6 is 0 Å². The van der Waals surface area contributed by atoms with Gasteiger partial charge >= 0.3 is 0 Å². The second-order valence-corrected chi connectivity index (χ2v) is 3.95. The van der Waals surface area contributed by atoms with E-state index in [0.717, 1.165) is 21.7 Å². The lowest BCUT2D eigenvalue weighted by molar-refractivity contribution is -0.112. The van der Waals surface area contributed by atoms with Crippen molar-refractivity contribution in [3.8, 4) is 0 Å². The van der Waals surface area contributed by atoms with Crippen molar-refractivity contribution in [1.82, 2.24) is 4.98 Å². The number of carbonyl (C=O) groups excluding carboxylic acids is 1. The summed E-state index contributed by atoms with van der Waals surface area (Å²) < 4.78 is 0. The first-order valence-corrected chi connectivity index (χ1v) is 5.45. The number of amides is 1. The zero-order chi connectivity index (χ0) is 11.7. The number of hydrogen-bond donors (Lipinski definition) is 0. The van der Waals surface area contributed by atoms with Gasteiger partial charge in [0.05, 0.1) is 5.36 Å². The number of fused-ring (bicyclic) bond motifs is 1. The van der Waals surface area contributed by atoms with E-state index in [1.807, 2.05) is 36.4 Å². The van der Waals surface area contributed by atoms with E-state index in [2.05, 4.69) is 9.98 Å². The molecule has 1 aromatic carbocycles. The first kappa shape index (κ1) is 9.90. The van der Waals surface area contributed by atoms with E-state index in [1.54, 1.807) is 12.4 Å². The van der Waals surface area contributed by atoms with E-state index in [4.69, 9.17) is 0 Å². The van der Waals surface area contributed by atoms with Gasteiger partial charge in [0.2, 0.25) is 0 Å². The maximum absolute atomic E-state index is 11.8. The predicted molar refractivity (Wildman–Crippen MR) is 63.6 cm³/mol. The summed E-state index contributed by atoms with van der Waals surface area (Å²) in [6.45, 7) is 0. The summed E-state index contributed by atoms with van der Waals surface area (Å²) in [5.41, 5.74) is 1.79. The van der Waals surface area contributed by atoms with Gasteiger partial charge in [0.15, 0.2) is 0 Å². The third-order valence-electron chi connectivity index (χ3n) is 2.81. The van der Waals surface area contributed by atoms with Crippen molar-refractivity contribution >= 4 is 11.5 Å². The van der Waals surface area contributed by atoms with Crippen molar-refractivity contribution in [2.24, 2.45) is 4.99 Å². The maximum Gasteiger partial charge on any atom is 0.274 e. The average Bonchev–Trinajstić information content (AvgIpc) is 2.68. The molecule has 2 aromatic rings. The number of nitrogens with zero attached hydrogens (tertiary/aromatic N) is 2. The molecule has 0 radical (unpaired) electrons. The van der Waals surface area contributed by atoms with Crippen LogP contribution in [0.15, 0.2) is 53.8 Å². The minimum Gasteiger partial charge on any atom is -0.267 e. The molecule has 0 saturated carbocycles. The van der Waals surface area contributed by atoms with Crippen molar-refractivity contribution in [2.45, 2.75) is 6.42 Å². The molecule has 3 heteroatoms. The molecular weight excluding hydrogens is 212 g/mol. The molecule has 0 unspecified atom stereocenters. The Morgan fingerprint density at radius 1 is 1.06 bits per heavy atom. The summed E-state index contributed by atoms with van der Waals surface area (Å²) in [6, 6.07) is 11.5. The van der Waals surface area contributed by atoms with Crippen LogP contribution in [0.3, 0.4) is 0 Å². The summed E-state index contributed by atoms with van der Waals surface area (Å²) in [7, 11) is 0. The number of rotatable bonds is 2. The van der Waals surface area contributed by atoms with Crippen LogP contribution in [0.2, 0.25) is 0 Å². The highest BCUT2D eigenvalue weighted by Crippen LogP contribution is 2.09. The Kier molecular flexibility index (Phi) is 2.29. The highest BCUT2D eigenvalue weighted by Gasteiger charge is 2.15. The average molecular weight is 222 g/mol.